The zero-order valence-corrected chi connectivity index (χ0v) is 13.9. The van der Waals surface area contributed by atoms with E-state index < -0.39 is 0 Å². The summed E-state index contributed by atoms with van der Waals surface area (Å²) in [6.07, 6.45) is 0.712. The third-order valence-corrected chi connectivity index (χ3v) is 3.48. The summed E-state index contributed by atoms with van der Waals surface area (Å²) >= 11 is 0. The SMILES string of the molecule is CCOc1ccc(CN(C)C(=O)COc2ccccc2C=O)cc1. The van der Waals surface area contributed by atoms with Gasteiger partial charge in [0, 0.05) is 13.6 Å². The number of ether oxygens (including phenoxy) is 2. The molecule has 0 radical (unpaired) electrons. The zero-order valence-electron chi connectivity index (χ0n) is 13.9. The second-order valence-corrected chi connectivity index (χ2v) is 5.27. The number of likely N-dealkylation sites (N-methyl/N-ethyl adjacent to an activating group) is 1. The lowest BCUT2D eigenvalue weighted by atomic mass is 10.2. The number of hydrogen-bond donors (Lipinski definition) is 0. The van der Waals surface area contributed by atoms with Crippen LogP contribution < -0.4 is 9.47 Å². The summed E-state index contributed by atoms with van der Waals surface area (Å²) in [6.45, 7) is 2.92. The molecule has 0 aliphatic rings. The van der Waals surface area contributed by atoms with Crippen LogP contribution in [0.3, 0.4) is 0 Å². The fourth-order valence-electron chi connectivity index (χ4n) is 2.18. The highest BCUT2D eigenvalue weighted by Gasteiger charge is 2.11. The van der Waals surface area contributed by atoms with Gasteiger partial charge >= 0.3 is 0 Å². The topological polar surface area (TPSA) is 55.8 Å². The normalized spacial score (nSPS) is 10.1. The number of hydrogen-bond acceptors (Lipinski definition) is 4. The summed E-state index contributed by atoms with van der Waals surface area (Å²) in [6, 6.07) is 14.4. The molecule has 2 aromatic carbocycles. The minimum atomic E-state index is -0.162. The number of para-hydroxylation sites is 1. The van der Waals surface area contributed by atoms with Crippen LogP contribution in [0.25, 0.3) is 0 Å². The van der Waals surface area contributed by atoms with E-state index in [2.05, 4.69) is 0 Å². The Morgan fingerprint density at radius 1 is 1.08 bits per heavy atom. The Kier molecular flexibility index (Phi) is 6.37. The number of amides is 1. The van der Waals surface area contributed by atoms with Crippen molar-refractivity contribution in [3.8, 4) is 11.5 Å². The zero-order chi connectivity index (χ0) is 17.4. The Balaban J connectivity index is 1.88. The number of nitrogens with zero attached hydrogens (tertiary/aromatic N) is 1. The van der Waals surface area contributed by atoms with E-state index in [4.69, 9.17) is 9.47 Å². The maximum absolute atomic E-state index is 12.2. The molecular weight excluding hydrogens is 306 g/mol. The highest BCUT2D eigenvalue weighted by molar-refractivity contribution is 5.80. The van der Waals surface area contributed by atoms with Crippen molar-refractivity contribution < 1.29 is 19.1 Å². The van der Waals surface area contributed by atoms with E-state index >= 15 is 0 Å². The van der Waals surface area contributed by atoms with Crippen molar-refractivity contribution in [3.05, 3.63) is 59.7 Å². The van der Waals surface area contributed by atoms with Gasteiger partial charge in [-0.3, -0.25) is 9.59 Å². The van der Waals surface area contributed by atoms with Gasteiger partial charge in [-0.15, -0.1) is 0 Å². The molecule has 5 nitrogen and oxygen atoms in total. The predicted octanol–water partition coefficient (Wildman–Crippen LogP) is 2.94. The highest BCUT2D eigenvalue weighted by atomic mass is 16.5. The van der Waals surface area contributed by atoms with Crippen LogP contribution in [-0.4, -0.2) is 37.4 Å². The first-order valence-electron chi connectivity index (χ1n) is 7.76. The smallest absolute Gasteiger partial charge is 0.260 e. The van der Waals surface area contributed by atoms with E-state index in [1.165, 1.54) is 0 Å². The molecule has 0 unspecified atom stereocenters. The predicted molar refractivity (Wildman–Crippen MR) is 91.4 cm³/mol. The molecule has 0 heterocycles. The molecule has 0 bridgehead atoms. The van der Waals surface area contributed by atoms with Crippen LogP contribution in [-0.2, 0) is 11.3 Å². The molecule has 24 heavy (non-hydrogen) atoms. The first-order valence-corrected chi connectivity index (χ1v) is 7.76. The molecule has 5 heteroatoms. The van der Waals surface area contributed by atoms with Crippen LogP contribution in [0.4, 0.5) is 0 Å². The molecule has 0 saturated carbocycles. The van der Waals surface area contributed by atoms with Gasteiger partial charge in [0.2, 0.25) is 0 Å². The molecule has 1 amide bonds. The molecular formula is C19H21NO4. The van der Waals surface area contributed by atoms with E-state index in [0.717, 1.165) is 11.3 Å². The lowest BCUT2D eigenvalue weighted by molar-refractivity contribution is -0.132. The van der Waals surface area contributed by atoms with E-state index in [1.54, 1.807) is 36.2 Å². The van der Waals surface area contributed by atoms with Gasteiger partial charge in [0.25, 0.3) is 5.91 Å². The van der Waals surface area contributed by atoms with Gasteiger partial charge in [0.05, 0.1) is 12.2 Å². The van der Waals surface area contributed by atoms with Crippen molar-refractivity contribution >= 4 is 12.2 Å². The van der Waals surface area contributed by atoms with Crippen LogP contribution in [0, 0.1) is 0 Å². The number of benzene rings is 2. The summed E-state index contributed by atoms with van der Waals surface area (Å²) in [7, 11) is 1.72. The molecule has 0 saturated heterocycles. The second-order valence-electron chi connectivity index (χ2n) is 5.27. The Morgan fingerprint density at radius 2 is 1.79 bits per heavy atom. The number of carbonyl (C=O) groups excluding carboxylic acids is 2. The van der Waals surface area contributed by atoms with E-state index in [-0.39, 0.29) is 12.5 Å². The summed E-state index contributed by atoms with van der Waals surface area (Å²) < 4.78 is 10.9. The Bertz CT molecular complexity index is 682. The summed E-state index contributed by atoms with van der Waals surface area (Å²) in [5.74, 6) is 1.06. The fraction of sp³-hybridized carbons (Fsp3) is 0.263. The van der Waals surface area contributed by atoms with Gasteiger partial charge in [-0.05, 0) is 36.8 Å². The number of aldehydes is 1. The standard InChI is InChI=1S/C19H21NO4/c1-3-23-17-10-8-15(9-11-17)12-20(2)19(22)14-24-18-7-5-4-6-16(18)13-21/h4-11,13H,3,12,14H2,1-2H3. The molecule has 0 aromatic heterocycles. The quantitative estimate of drug-likeness (QED) is 0.700. The minimum absolute atomic E-state index is 0.113. The molecule has 0 N–H and O–H groups in total. The maximum atomic E-state index is 12.2. The molecule has 2 aromatic rings. The van der Waals surface area contributed by atoms with Gasteiger partial charge in [0.1, 0.15) is 11.5 Å². The lowest BCUT2D eigenvalue weighted by Gasteiger charge is -2.18. The van der Waals surface area contributed by atoms with Crippen molar-refractivity contribution in [3.63, 3.8) is 0 Å². The van der Waals surface area contributed by atoms with E-state index in [9.17, 15) is 9.59 Å². The first-order chi connectivity index (χ1) is 11.6. The van der Waals surface area contributed by atoms with Gasteiger partial charge in [-0.25, -0.2) is 0 Å². The lowest BCUT2D eigenvalue weighted by Crippen LogP contribution is -2.31. The van der Waals surface area contributed by atoms with Crippen molar-refractivity contribution in [2.24, 2.45) is 0 Å². The van der Waals surface area contributed by atoms with Gasteiger partial charge in [-0.2, -0.15) is 0 Å². The van der Waals surface area contributed by atoms with Crippen LogP contribution in [0.5, 0.6) is 11.5 Å². The summed E-state index contributed by atoms with van der Waals surface area (Å²) in [5.41, 5.74) is 1.43. The van der Waals surface area contributed by atoms with Crippen LogP contribution >= 0.6 is 0 Å². The summed E-state index contributed by atoms with van der Waals surface area (Å²) in [4.78, 5) is 24.7. The number of rotatable bonds is 8. The Hall–Kier alpha value is -2.82. The largest absolute Gasteiger partial charge is 0.494 e. The van der Waals surface area contributed by atoms with Crippen molar-refractivity contribution in [2.45, 2.75) is 13.5 Å². The van der Waals surface area contributed by atoms with E-state index in [1.807, 2.05) is 31.2 Å². The third-order valence-electron chi connectivity index (χ3n) is 3.48. The van der Waals surface area contributed by atoms with Crippen molar-refractivity contribution in [2.75, 3.05) is 20.3 Å². The maximum Gasteiger partial charge on any atom is 0.260 e. The van der Waals surface area contributed by atoms with Crippen molar-refractivity contribution in [1.82, 2.24) is 4.90 Å². The highest BCUT2D eigenvalue weighted by Crippen LogP contribution is 2.16. The molecule has 0 atom stereocenters. The molecule has 2 rings (SSSR count). The fourth-order valence-corrected chi connectivity index (χ4v) is 2.18. The molecule has 0 aliphatic carbocycles. The van der Waals surface area contributed by atoms with Gasteiger partial charge < -0.3 is 14.4 Å². The van der Waals surface area contributed by atoms with Crippen LogP contribution in [0.1, 0.15) is 22.8 Å². The second kappa shape index (κ2) is 8.72. The summed E-state index contributed by atoms with van der Waals surface area (Å²) in [5, 5.41) is 0. The van der Waals surface area contributed by atoms with Crippen LogP contribution in [0.2, 0.25) is 0 Å². The molecule has 0 aliphatic heterocycles. The van der Waals surface area contributed by atoms with E-state index in [0.29, 0.717) is 30.8 Å². The van der Waals surface area contributed by atoms with Gasteiger partial charge in [0.15, 0.2) is 12.9 Å². The van der Waals surface area contributed by atoms with Gasteiger partial charge in [-0.1, -0.05) is 24.3 Å². The Labute approximate surface area is 141 Å². The molecule has 126 valence electrons. The monoisotopic (exact) mass is 327 g/mol. The molecule has 0 spiro atoms. The van der Waals surface area contributed by atoms with Crippen LogP contribution in [0.15, 0.2) is 48.5 Å². The average molecular weight is 327 g/mol. The minimum Gasteiger partial charge on any atom is -0.494 e. The first kappa shape index (κ1) is 17.5. The average Bonchev–Trinajstić information content (AvgIpc) is 2.61. The van der Waals surface area contributed by atoms with Crippen molar-refractivity contribution in [1.29, 1.82) is 0 Å². The Morgan fingerprint density at radius 3 is 2.46 bits per heavy atom. The molecule has 0 fully saturated rings. The third kappa shape index (κ3) is 4.84. The number of carbonyl (C=O) groups is 2.